The van der Waals surface area contributed by atoms with Crippen molar-refractivity contribution in [2.24, 2.45) is 0 Å². The van der Waals surface area contributed by atoms with E-state index in [4.69, 9.17) is 4.74 Å². The van der Waals surface area contributed by atoms with Crippen molar-refractivity contribution < 1.29 is 14.3 Å². The maximum absolute atomic E-state index is 12.9. The Labute approximate surface area is 214 Å². The van der Waals surface area contributed by atoms with E-state index in [1.807, 2.05) is 22.8 Å². The summed E-state index contributed by atoms with van der Waals surface area (Å²) in [6.07, 6.45) is 7.35. The van der Waals surface area contributed by atoms with Crippen molar-refractivity contribution in [2.45, 2.75) is 57.1 Å². The van der Waals surface area contributed by atoms with Crippen molar-refractivity contribution in [2.75, 3.05) is 17.7 Å². The monoisotopic (exact) mass is 510 g/mol. The van der Waals surface area contributed by atoms with Gasteiger partial charge in [0.15, 0.2) is 5.16 Å². The molecule has 0 saturated carbocycles. The Hall–Kier alpha value is -2.91. The minimum Gasteiger partial charge on any atom is -0.462 e. The van der Waals surface area contributed by atoms with Gasteiger partial charge >= 0.3 is 5.97 Å². The quantitative estimate of drug-likeness (QED) is 0.220. The number of carbonyl (C=O) groups excluding carboxylic acids is 2. The van der Waals surface area contributed by atoms with Crippen LogP contribution in [-0.2, 0) is 41.8 Å². The Morgan fingerprint density at radius 2 is 2.00 bits per heavy atom. The Kier molecular flexibility index (Phi) is 8.76. The molecule has 0 bridgehead atoms. The molecule has 3 aromatic rings. The van der Waals surface area contributed by atoms with Gasteiger partial charge in [0.1, 0.15) is 10.8 Å². The molecule has 7 nitrogen and oxygen atoms in total. The highest BCUT2D eigenvalue weighted by Gasteiger charge is 2.27. The standard InChI is InChI=1S/C26H30N4O3S2/c1-3-16-30-21(15-14-18-10-6-5-7-11-18)28-29-26(30)34-17-22(31)27-24-23(25(32)33-4-2)19-12-8-9-13-20(19)35-24/h3,5-7,10-11H,1,4,8-9,12-17H2,2H3,(H,27,31). The van der Waals surface area contributed by atoms with Crippen LogP contribution in [0.2, 0.25) is 0 Å². The topological polar surface area (TPSA) is 86.1 Å². The molecule has 9 heteroatoms. The van der Waals surface area contributed by atoms with Crippen molar-refractivity contribution in [1.29, 1.82) is 0 Å². The lowest BCUT2D eigenvalue weighted by Crippen LogP contribution is -2.17. The summed E-state index contributed by atoms with van der Waals surface area (Å²) in [6.45, 7) is 6.52. The molecule has 2 aromatic heterocycles. The molecule has 1 aromatic carbocycles. The molecule has 4 rings (SSSR count). The zero-order chi connectivity index (χ0) is 24.6. The van der Waals surface area contributed by atoms with Gasteiger partial charge in [0.2, 0.25) is 5.91 Å². The SMILES string of the molecule is C=CCn1c(CCc2ccccc2)nnc1SCC(=O)Nc1sc2c(c1C(=O)OCC)CCCC2. The van der Waals surface area contributed by atoms with E-state index in [0.717, 1.165) is 49.9 Å². The Balaban J connectivity index is 1.42. The van der Waals surface area contributed by atoms with Crippen LogP contribution in [0.15, 0.2) is 48.1 Å². The van der Waals surface area contributed by atoms with Gasteiger partial charge in [-0.2, -0.15) is 0 Å². The summed E-state index contributed by atoms with van der Waals surface area (Å²) in [4.78, 5) is 26.7. The first-order valence-corrected chi connectivity index (χ1v) is 13.7. The van der Waals surface area contributed by atoms with Crippen molar-refractivity contribution in [3.05, 3.63) is 70.4 Å². The molecule has 0 fully saturated rings. The Bertz CT molecular complexity index is 1190. The third kappa shape index (κ3) is 6.21. The number of hydrogen-bond acceptors (Lipinski definition) is 7. The van der Waals surface area contributed by atoms with Gasteiger partial charge in [0, 0.05) is 17.8 Å². The van der Waals surface area contributed by atoms with Crippen LogP contribution >= 0.6 is 23.1 Å². The van der Waals surface area contributed by atoms with Crippen LogP contribution in [0.25, 0.3) is 0 Å². The number of benzene rings is 1. The van der Waals surface area contributed by atoms with Gasteiger partial charge in [0.05, 0.1) is 17.9 Å². The third-order valence-electron chi connectivity index (χ3n) is 5.82. The van der Waals surface area contributed by atoms with Crippen molar-refractivity contribution >= 4 is 40.0 Å². The number of aromatic nitrogens is 3. The fourth-order valence-electron chi connectivity index (χ4n) is 4.19. The van der Waals surface area contributed by atoms with E-state index in [1.165, 1.54) is 33.5 Å². The number of carbonyl (C=O) groups is 2. The number of amides is 1. The van der Waals surface area contributed by atoms with Crippen molar-refractivity contribution in [3.63, 3.8) is 0 Å². The molecule has 0 aliphatic heterocycles. The summed E-state index contributed by atoms with van der Waals surface area (Å²) in [5.41, 5.74) is 2.81. The van der Waals surface area contributed by atoms with Crippen LogP contribution in [0.4, 0.5) is 5.00 Å². The van der Waals surface area contributed by atoms with E-state index in [9.17, 15) is 9.59 Å². The molecule has 0 saturated heterocycles. The lowest BCUT2D eigenvalue weighted by Gasteiger charge is -2.12. The third-order valence-corrected chi connectivity index (χ3v) is 8.00. The molecule has 2 heterocycles. The molecule has 1 amide bonds. The minimum atomic E-state index is -0.358. The van der Waals surface area contributed by atoms with Gasteiger partial charge in [-0.15, -0.1) is 28.1 Å². The molecule has 184 valence electrons. The van der Waals surface area contributed by atoms with E-state index < -0.39 is 0 Å². The van der Waals surface area contributed by atoms with E-state index in [1.54, 1.807) is 13.0 Å². The Morgan fingerprint density at radius 3 is 2.77 bits per heavy atom. The first-order valence-electron chi connectivity index (χ1n) is 11.9. The van der Waals surface area contributed by atoms with Crippen LogP contribution in [0.1, 0.15) is 52.0 Å². The zero-order valence-corrected chi connectivity index (χ0v) is 21.6. The number of hydrogen-bond donors (Lipinski definition) is 1. The predicted octanol–water partition coefficient (Wildman–Crippen LogP) is 5.10. The average molecular weight is 511 g/mol. The molecule has 0 spiro atoms. The number of thioether (sulfide) groups is 1. The highest BCUT2D eigenvalue weighted by Crippen LogP contribution is 2.38. The second-order valence-corrected chi connectivity index (χ2v) is 10.3. The van der Waals surface area contributed by atoms with Crippen LogP contribution in [0, 0.1) is 0 Å². The van der Waals surface area contributed by atoms with E-state index in [0.29, 0.717) is 28.9 Å². The predicted molar refractivity (Wildman–Crippen MR) is 140 cm³/mol. The first-order chi connectivity index (χ1) is 17.1. The fraction of sp³-hybridized carbons (Fsp3) is 0.385. The van der Waals surface area contributed by atoms with Crippen LogP contribution in [0.5, 0.6) is 0 Å². The minimum absolute atomic E-state index is 0.165. The van der Waals surface area contributed by atoms with Gasteiger partial charge < -0.3 is 14.6 Å². The first kappa shape index (κ1) is 25.2. The molecule has 0 unspecified atom stereocenters. The van der Waals surface area contributed by atoms with E-state index in [-0.39, 0.29) is 17.6 Å². The molecular weight excluding hydrogens is 480 g/mol. The summed E-state index contributed by atoms with van der Waals surface area (Å²) < 4.78 is 7.29. The normalized spacial score (nSPS) is 12.7. The van der Waals surface area contributed by atoms with E-state index in [2.05, 4.69) is 34.2 Å². The Morgan fingerprint density at radius 1 is 1.20 bits per heavy atom. The molecular formula is C26H30N4O3S2. The number of nitrogens with one attached hydrogen (secondary N) is 1. The smallest absolute Gasteiger partial charge is 0.341 e. The molecule has 35 heavy (non-hydrogen) atoms. The maximum Gasteiger partial charge on any atom is 0.341 e. The number of fused-ring (bicyclic) bond motifs is 1. The summed E-state index contributed by atoms with van der Waals surface area (Å²) in [5, 5.41) is 12.9. The van der Waals surface area contributed by atoms with Gasteiger partial charge in [-0.1, -0.05) is 48.2 Å². The largest absolute Gasteiger partial charge is 0.462 e. The number of nitrogens with zero attached hydrogens (tertiary/aromatic N) is 3. The summed E-state index contributed by atoms with van der Waals surface area (Å²) in [6, 6.07) is 10.3. The fourth-order valence-corrected chi connectivity index (χ4v) is 6.25. The molecule has 0 radical (unpaired) electrons. The van der Waals surface area contributed by atoms with Crippen LogP contribution in [0.3, 0.4) is 0 Å². The van der Waals surface area contributed by atoms with Crippen LogP contribution in [-0.4, -0.2) is 39.0 Å². The number of esters is 1. The highest BCUT2D eigenvalue weighted by molar-refractivity contribution is 7.99. The highest BCUT2D eigenvalue weighted by atomic mass is 32.2. The molecule has 1 aliphatic rings. The van der Waals surface area contributed by atoms with Gasteiger partial charge in [-0.25, -0.2) is 4.79 Å². The average Bonchev–Trinajstić information content (AvgIpc) is 3.43. The van der Waals surface area contributed by atoms with Gasteiger partial charge in [-0.3, -0.25) is 4.79 Å². The lowest BCUT2D eigenvalue weighted by atomic mass is 9.95. The summed E-state index contributed by atoms with van der Waals surface area (Å²) in [5.74, 6) is 0.493. The van der Waals surface area contributed by atoms with Crippen LogP contribution < -0.4 is 5.32 Å². The number of thiophene rings is 1. The second kappa shape index (κ2) is 12.2. The molecule has 0 atom stereocenters. The van der Waals surface area contributed by atoms with Gasteiger partial charge in [0.25, 0.3) is 0 Å². The zero-order valence-electron chi connectivity index (χ0n) is 19.9. The van der Waals surface area contributed by atoms with Crippen molar-refractivity contribution in [3.8, 4) is 0 Å². The van der Waals surface area contributed by atoms with Crippen molar-refractivity contribution in [1.82, 2.24) is 14.8 Å². The van der Waals surface area contributed by atoms with E-state index >= 15 is 0 Å². The summed E-state index contributed by atoms with van der Waals surface area (Å²) >= 11 is 2.83. The lowest BCUT2D eigenvalue weighted by molar-refractivity contribution is -0.113. The number of aryl methyl sites for hydroxylation is 3. The molecule has 1 aliphatic carbocycles. The number of allylic oxidation sites excluding steroid dienone is 1. The maximum atomic E-state index is 12.9. The summed E-state index contributed by atoms with van der Waals surface area (Å²) in [7, 11) is 0. The number of rotatable bonds is 11. The van der Waals surface area contributed by atoms with Gasteiger partial charge in [-0.05, 0) is 50.2 Å². The molecule has 1 N–H and O–H groups in total. The number of anilines is 1. The second-order valence-electron chi connectivity index (χ2n) is 8.26. The number of ether oxygens (including phenoxy) is 1.